The van der Waals surface area contributed by atoms with Gasteiger partial charge in [-0.15, -0.1) is 11.6 Å². The molecule has 0 aliphatic carbocycles. The van der Waals surface area contributed by atoms with Crippen LogP contribution < -0.4 is 5.32 Å². The normalized spacial score (nSPS) is 15.8. The molecule has 0 fully saturated rings. The van der Waals surface area contributed by atoms with Gasteiger partial charge in [0.25, 0.3) is 0 Å². The molecule has 1 N–H and O–H groups in total. The van der Waals surface area contributed by atoms with Gasteiger partial charge in [0.05, 0.1) is 5.38 Å². The summed E-state index contributed by atoms with van der Waals surface area (Å²) in [5.41, 5.74) is 0.176. The highest BCUT2D eigenvalue weighted by molar-refractivity contribution is 6.20. The Labute approximate surface area is 111 Å². The molecule has 0 aliphatic rings. The molecule has 0 saturated heterocycles. The molecule has 1 amide bonds. The molecule has 0 heterocycles. The monoisotopic (exact) mass is 261 g/mol. The average molecular weight is 262 g/mol. The minimum absolute atomic E-state index is 0.0453. The van der Waals surface area contributed by atoms with E-state index in [9.17, 15) is 4.79 Å². The van der Waals surface area contributed by atoms with E-state index in [1.165, 1.54) is 0 Å². The van der Waals surface area contributed by atoms with Crippen LogP contribution in [-0.2, 0) is 4.79 Å². The van der Waals surface area contributed by atoms with E-state index in [1.54, 1.807) is 0 Å². The maximum atomic E-state index is 11.7. The van der Waals surface area contributed by atoms with Crippen molar-refractivity contribution in [2.24, 2.45) is 17.3 Å². The lowest BCUT2D eigenvalue weighted by atomic mass is 9.80. The van der Waals surface area contributed by atoms with E-state index < -0.39 is 0 Å². The fraction of sp³-hybridized carbons (Fsp3) is 0.929. The third-order valence-corrected chi connectivity index (χ3v) is 3.55. The molecule has 0 aliphatic heterocycles. The quantitative estimate of drug-likeness (QED) is 0.724. The van der Waals surface area contributed by atoms with Gasteiger partial charge in [0.15, 0.2) is 0 Å². The number of amides is 1. The largest absolute Gasteiger partial charge is 0.355 e. The number of hydrogen-bond acceptors (Lipinski definition) is 1. The zero-order chi connectivity index (χ0) is 13.6. The molecule has 0 saturated carbocycles. The van der Waals surface area contributed by atoms with Gasteiger partial charge in [-0.25, -0.2) is 0 Å². The SMILES string of the molecule is CC(C)CC(Cl)CNC(=O)CC(C)C(C)(C)C. The summed E-state index contributed by atoms with van der Waals surface area (Å²) in [5.74, 6) is 1.06. The molecule has 0 spiro atoms. The molecule has 0 aromatic carbocycles. The smallest absolute Gasteiger partial charge is 0.220 e. The van der Waals surface area contributed by atoms with Crippen molar-refractivity contribution in [2.45, 2.75) is 59.8 Å². The van der Waals surface area contributed by atoms with Crippen LogP contribution in [0.5, 0.6) is 0 Å². The third kappa shape index (κ3) is 8.48. The maximum absolute atomic E-state index is 11.7. The second-order valence-corrected chi connectivity index (χ2v) is 7.12. The molecule has 0 radical (unpaired) electrons. The molecule has 0 aromatic rings. The van der Waals surface area contributed by atoms with Gasteiger partial charge in [-0.1, -0.05) is 41.5 Å². The van der Waals surface area contributed by atoms with E-state index in [0.29, 0.717) is 24.8 Å². The van der Waals surface area contributed by atoms with Gasteiger partial charge < -0.3 is 5.32 Å². The lowest BCUT2D eigenvalue weighted by Gasteiger charge is -2.26. The summed E-state index contributed by atoms with van der Waals surface area (Å²) in [6.07, 6.45) is 1.52. The van der Waals surface area contributed by atoms with Gasteiger partial charge in [0, 0.05) is 13.0 Å². The fourth-order valence-corrected chi connectivity index (χ4v) is 1.91. The van der Waals surface area contributed by atoms with Crippen LogP contribution in [0.15, 0.2) is 0 Å². The lowest BCUT2D eigenvalue weighted by molar-refractivity contribution is -0.122. The Kier molecular flexibility index (Phi) is 7.15. The van der Waals surface area contributed by atoms with Crippen LogP contribution in [-0.4, -0.2) is 17.8 Å². The first-order chi connectivity index (χ1) is 7.62. The first-order valence-electron chi connectivity index (χ1n) is 6.53. The van der Waals surface area contributed by atoms with Gasteiger partial charge in [0.1, 0.15) is 0 Å². The summed E-state index contributed by atoms with van der Waals surface area (Å²) in [6, 6.07) is 0. The first-order valence-corrected chi connectivity index (χ1v) is 6.97. The maximum Gasteiger partial charge on any atom is 0.220 e. The van der Waals surface area contributed by atoms with Crippen molar-refractivity contribution in [1.82, 2.24) is 5.32 Å². The minimum Gasteiger partial charge on any atom is -0.355 e. The third-order valence-electron chi connectivity index (χ3n) is 3.22. The Morgan fingerprint density at radius 2 is 1.76 bits per heavy atom. The molecule has 17 heavy (non-hydrogen) atoms. The molecule has 3 heteroatoms. The van der Waals surface area contributed by atoms with Gasteiger partial charge in [0.2, 0.25) is 5.91 Å². The van der Waals surface area contributed by atoms with E-state index in [0.717, 1.165) is 6.42 Å². The second kappa shape index (κ2) is 7.25. The number of carbonyl (C=O) groups excluding carboxylic acids is 1. The Morgan fingerprint density at radius 1 is 1.24 bits per heavy atom. The molecule has 0 aromatic heterocycles. The number of alkyl halides is 1. The Bertz CT molecular complexity index is 233. The Hall–Kier alpha value is -0.240. The van der Waals surface area contributed by atoms with E-state index in [4.69, 9.17) is 11.6 Å². The molecule has 102 valence electrons. The number of nitrogens with one attached hydrogen (secondary N) is 1. The first kappa shape index (κ1) is 16.8. The van der Waals surface area contributed by atoms with E-state index in [1.807, 2.05) is 0 Å². The van der Waals surface area contributed by atoms with Crippen LogP contribution >= 0.6 is 11.6 Å². The standard InChI is InChI=1S/C14H28ClNO/c1-10(2)7-12(15)9-16-13(17)8-11(3)14(4,5)6/h10-12H,7-9H2,1-6H3,(H,16,17). The lowest BCUT2D eigenvalue weighted by Crippen LogP contribution is -2.33. The number of carbonyl (C=O) groups is 1. The minimum atomic E-state index is 0.0453. The van der Waals surface area contributed by atoms with Gasteiger partial charge in [-0.05, 0) is 23.7 Å². The molecule has 0 bridgehead atoms. The number of halogens is 1. The van der Waals surface area contributed by atoms with Crippen LogP contribution in [0.25, 0.3) is 0 Å². The summed E-state index contributed by atoms with van der Waals surface area (Å²) in [6.45, 7) is 13.5. The summed E-state index contributed by atoms with van der Waals surface area (Å²) in [7, 11) is 0. The summed E-state index contributed by atoms with van der Waals surface area (Å²) in [4.78, 5) is 11.7. The van der Waals surface area contributed by atoms with E-state index in [2.05, 4.69) is 46.9 Å². The predicted molar refractivity (Wildman–Crippen MR) is 75.3 cm³/mol. The van der Waals surface area contributed by atoms with Crippen molar-refractivity contribution < 1.29 is 4.79 Å². The average Bonchev–Trinajstić information content (AvgIpc) is 2.12. The Balaban J connectivity index is 3.88. The molecular weight excluding hydrogens is 234 g/mol. The molecule has 2 nitrogen and oxygen atoms in total. The summed E-state index contributed by atoms with van der Waals surface area (Å²) < 4.78 is 0. The highest BCUT2D eigenvalue weighted by Gasteiger charge is 2.22. The zero-order valence-electron chi connectivity index (χ0n) is 12.1. The molecule has 0 rings (SSSR count). The molecule has 2 atom stereocenters. The number of rotatable bonds is 6. The van der Waals surface area contributed by atoms with Crippen molar-refractivity contribution in [3.8, 4) is 0 Å². The second-order valence-electron chi connectivity index (χ2n) is 6.50. The van der Waals surface area contributed by atoms with E-state index in [-0.39, 0.29) is 16.7 Å². The van der Waals surface area contributed by atoms with Gasteiger partial charge in [-0.3, -0.25) is 4.79 Å². The fourth-order valence-electron chi connectivity index (χ4n) is 1.48. The van der Waals surface area contributed by atoms with Crippen molar-refractivity contribution >= 4 is 17.5 Å². The van der Waals surface area contributed by atoms with Crippen LogP contribution in [0, 0.1) is 17.3 Å². The highest BCUT2D eigenvalue weighted by Crippen LogP contribution is 2.27. The summed E-state index contributed by atoms with van der Waals surface area (Å²) in [5, 5.41) is 2.97. The van der Waals surface area contributed by atoms with Crippen LogP contribution in [0.2, 0.25) is 0 Å². The van der Waals surface area contributed by atoms with Crippen molar-refractivity contribution in [3.63, 3.8) is 0 Å². The van der Waals surface area contributed by atoms with Gasteiger partial charge in [-0.2, -0.15) is 0 Å². The summed E-state index contributed by atoms with van der Waals surface area (Å²) >= 11 is 6.13. The van der Waals surface area contributed by atoms with Crippen LogP contribution in [0.4, 0.5) is 0 Å². The molecular formula is C14H28ClNO. The van der Waals surface area contributed by atoms with Crippen molar-refractivity contribution in [2.75, 3.05) is 6.54 Å². The Morgan fingerprint density at radius 3 is 2.18 bits per heavy atom. The zero-order valence-corrected chi connectivity index (χ0v) is 12.9. The number of hydrogen-bond donors (Lipinski definition) is 1. The van der Waals surface area contributed by atoms with E-state index >= 15 is 0 Å². The van der Waals surface area contributed by atoms with Crippen molar-refractivity contribution in [1.29, 1.82) is 0 Å². The van der Waals surface area contributed by atoms with Crippen molar-refractivity contribution in [3.05, 3.63) is 0 Å². The highest BCUT2D eigenvalue weighted by atomic mass is 35.5. The van der Waals surface area contributed by atoms with Gasteiger partial charge >= 0.3 is 0 Å². The van der Waals surface area contributed by atoms with Crippen LogP contribution in [0.1, 0.15) is 54.4 Å². The van der Waals surface area contributed by atoms with Crippen LogP contribution in [0.3, 0.4) is 0 Å². The predicted octanol–water partition coefficient (Wildman–Crippen LogP) is 3.83. The molecule has 2 unspecified atom stereocenters. The topological polar surface area (TPSA) is 29.1 Å².